The molecule has 110 valence electrons. The lowest BCUT2D eigenvalue weighted by molar-refractivity contribution is -0.140. The van der Waals surface area contributed by atoms with Crippen LogP contribution >= 0.6 is 12.2 Å². The molecule has 0 aromatic carbocycles. The summed E-state index contributed by atoms with van der Waals surface area (Å²) in [6.45, 7) is 2.14. The van der Waals surface area contributed by atoms with Gasteiger partial charge < -0.3 is 15.5 Å². The van der Waals surface area contributed by atoms with Crippen molar-refractivity contribution >= 4 is 29.1 Å². The van der Waals surface area contributed by atoms with E-state index in [0.717, 1.165) is 12.8 Å². The summed E-state index contributed by atoms with van der Waals surface area (Å²) < 4.78 is 0. The van der Waals surface area contributed by atoms with Gasteiger partial charge in [0.2, 0.25) is 0 Å². The van der Waals surface area contributed by atoms with Crippen molar-refractivity contribution in [3.8, 4) is 0 Å². The van der Waals surface area contributed by atoms with Gasteiger partial charge in [0.05, 0.1) is 4.99 Å². The van der Waals surface area contributed by atoms with Crippen LogP contribution in [0.15, 0.2) is 0 Å². The Bertz CT molecular complexity index is 307. The summed E-state index contributed by atoms with van der Waals surface area (Å²) in [5.41, 5.74) is 0. The number of carboxylic acids is 2. The minimum absolute atomic E-state index is 0.0423. The quantitative estimate of drug-likeness (QED) is 0.400. The summed E-state index contributed by atoms with van der Waals surface area (Å²) in [4.78, 5) is 21.9. The number of aliphatic carboxylic acids is 2. The molecule has 6 heteroatoms. The maximum Gasteiger partial charge on any atom is 0.326 e. The van der Waals surface area contributed by atoms with Gasteiger partial charge in [-0.15, -0.1) is 0 Å². The normalized spacial score (nSPS) is 11.8. The largest absolute Gasteiger partial charge is 0.481 e. The number of nitrogens with one attached hydrogen (secondary N) is 1. The fraction of sp³-hybridized carbons (Fsp3) is 0.769. The summed E-state index contributed by atoms with van der Waals surface area (Å²) in [5.74, 6) is -2.06. The highest BCUT2D eigenvalue weighted by Gasteiger charge is 2.19. The van der Waals surface area contributed by atoms with E-state index in [1.807, 2.05) is 0 Å². The minimum atomic E-state index is -1.06. The van der Waals surface area contributed by atoms with Crippen LogP contribution in [0.2, 0.25) is 0 Å². The number of thiocarbonyl (C=S) groups is 1. The Kier molecular flexibility index (Phi) is 10.1. The predicted molar refractivity (Wildman–Crippen MR) is 77.4 cm³/mol. The highest BCUT2D eigenvalue weighted by Crippen LogP contribution is 2.06. The van der Waals surface area contributed by atoms with Crippen molar-refractivity contribution in [1.82, 2.24) is 5.32 Å². The second kappa shape index (κ2) is 10.7. The number of carbonyl (C=O) groups is 2. The van der Waals surface area contributed by atoms with Crippen LogP contribution < -0.4 is 5.32 Å². The molecule has 0 rings (SSSR count). The summed E-state index contributed by atoms with van der Waals surface area (Å²) in [7, 11) is 0. The fourth-order valence-electron chi connectivity index (χ4n) is 1.68. The lowest BCUT2D eigenvalue weighted by atomic mass is 10.1. The molecule has 0 aliphatic rings. The molecule has 0 aliphatic carbocycles. The number of unbranched alkanes of at least 4 members (excludes halogenated alkanes) is 4. The number of rotatable bonds is 11. The predicted octanol–water partition coefficient (Wildman–Crippen LogP) is 2.58. The van der Waals surface area contributed by atoms with Gasteiger partial charge >= 0.3 is 11.9 Å². The molecule has 0 saturated carbocycles. The Morgan fingerprint density at radius 1 is 1.11 bits per heavy atom. The summed E-state index contributed by atoms with van der Waals surface area (Å²) >= 11 is 5.09. The van der Waals surface area contributed by atoms with Crippen molar-refractivity contribution in [2.45, 2.75) is 64.3 Å². The molecular weight excluding hydrogens is 266 g/mol. The molecule has 0 fully saturated rings. The molecule has 0 spiro atoms. The third-order valence-corrected chi connectivity index (χ3v) is 3.11. The first-order chi connectivity index (χ1) is 8.97. The van der Waals surface area contributed by atoms with E-state index in [1.165, 1.54) is 19.3 Å². The zero-order valence-electron chi connectivity index (χ0n) is 11.4. The molecule has 0 bridgehead atoms. The van der Waals surface area contributed by atoms with E-state index in [2.05, 4.69) is 12.2 Å². The number of hydrogen-bond acceptors (Lipinski definition) is 3. The van der Waals surface area contributed by atoms with Crippen LogP contribution in [-0.4, -0.2) is 33.2 Å². The van der Waals surface area contributed by atoms with E-state index in [9.17, 15) is 9.59 Å². The molecule has 0 aliphatic heterocycles. The molecule has 0 radical (unpaired) electrons. The van der Waals surface area contributed by atoms with Gasteiger partial charge in [0.25, 0.3) is 0 Å². The van der Waals surface area contributed by atoms with Crippen molar-refractivity contribution < 1.29 is 19.8 Å². The average Bonchev–Trinajstić information content (AvgIpc) is 2.33. The van der Waals surface area contributed by atoms with E-state index in [1.54, 1.807) is 0 Å². The second-order valence-corrected chi connectivity index (χ2v) is 5.05. The second-order valence-electron chi connectivity index (χ2n) is 4.55. The van der Waals surface area contributed by atoms with Gasteiger partial charge in [-0.05, 0) is 19.3 Å². The lowest BCUT2D eigenvalue weighted by Gasteiger charge is -2.15. The zero-order chi connectivity index (χ0) is 14.7. The van der Waals surface area contributed by atoms with E-state index < -0.39 is 18.0 Å². The van der Waals surface area contributed by atoms with Crippen LogP contribution in [0.3, 0.4) is 0 Å². The first-order valence-electron chi connectivity index (χ1n) is 6.71. The van der Waals surface area contributed by atoms with Gasteiger partial charge in [-0.25, -0.2) is 4.79 Å². The standard InChI is InChI=1S/C13H23NO4S/c1-2-3-4-5-6-7-11(19)14-10(13(17)18)8-9-12(15)16/h10H,2-9H2,1H3,(H,14,19)(H,15,16)(H,17,18)/t10-/m0/s1. The Hall–Kier alpha value is -1.17. The highest BCUT2D eigenvalue weighted by molar-refractivity contribution is 7.80. The molecule has 1 atom stereocenters. The Morgan fingerprint density at radius 3 is 2.26 bits per heavy atom. The molecule has 0 unspecified atom stereocenters. The maximum atomic E-state index is 10.9. The Balaban J connectivity index is 3.90. The summed E-state index contributed by atoms with van der Waals surface area (Å²) in [6, 6.07) is -0.903. The third-order valence-electron chi connectivity index (χ3n) is 2.79. The van der Waals surface area contributed by atoms with Crippen LogP contribution in [0.4, 0.5) is 0 Å². The molecule has 0 amide bonds. The monoisotopic (exact) mass is 289 g/mol. The molecule has 0 saturated heterocycles. The van der Waals surface area contributed by atoms with Crippen molar-refractivity contribution in [3.05, 3.63) is 0 Å². The molecule has 19 heavy (non-hydrogen) atoms. The van der Waals surface area contributed by atoms with Crippen LogP contribution in [0.25, 0.3) is 0 Å². The van der Waals surface area contributed by atoms with Gasteiger partial charge in [0.15, 0.2) is 0 Å². The zero-order valence-corrected chi connectivity index (χ0v) is 12.2. The average molecular weight is 289 g/mol. The van der Waals surface area contributed by atoms with Gasteiger partial charge in [0.1, 0.15) is 6.04 Å². The lowest BCUT2D eigenvalue weighted by Crippen LogP contribution is -2.40. The third kappa shape index (κ3) is 10.4. The molecule has 0 heterocycles. The fourth-order valence-corrected chi connectivity index (χ4v) is 1.97. The van der Waals surface area contributed by atoms with Crippen LogP contribution in [0.1, 0.15) is 58.3 Å². The van der Waals surface area contributed by atoms with Crippen molar-refractivity contribution in [2.75, 3.05) is 0 Å². The Morgan fingerprint density at radius 2 is 1.74 bits per heavy atom. The van der Waals surface area contributed by atoms with Gasteiger partial charge in [-0.2, -0.15) is 0 Å². The van der Waals surface area contributed by atoms with E-state index in [-0.39, 0.29) is 12.8 Å². The first kappa shape index (κ1) is 17.8. The van der Waals surface area contributed by atoms with Crippen molar-refractivity contribution in [1.29, 1.82) is 0 Å². The topological polar surface area (TPSA) is 86.6 Å². The smallest absolute Gasteiger partial charge is 0.326 e. The number of hydrogen-bond donors (Lipinski definition) is 3. The van der Waals surface area contributed by atoms with E-state index >= 15 is 0 Å². The molecular formula is C13H23NO4S. The molecule has 0 aromatic heterocycles. The highest BCUT2D eigenvalue weighted by atomic mass is 32.1. The van der Waals surface area contributed by atoms with Crippen molar-refractivity contribution in [3.63, 3.8) is 0 Å². The van der Waals surface area contributed by atoms with Gasteiger partial charge in [-0.1, -0.05) is 44.8 Å². The van der Waals surface area contributed by atoms with Crippen LogP contribution in [0, 0.1) is 0 Å². The first-order valence-corrected chi connectivity index (χ1v) is 7.12. The molecule has 3 N–H and O–H groups in total. The molecule has 0 aromatic rings. The van der Waals surface area contributed by atoms with Gasteiger partial charge in [-0.3, -0.25) is 4.79 Å². The molecule has 5 nitrogen and oxygen atoms in total. The van der Waals surface area contributed by atoms with Crippen LogP contribution in [0.5, 0.6) is 0 Å². The van der Waals surface area contributed by atoms with Gasteiger partial charge in [0, 0.05) is 6.42 Å². The maximum absolute atomic E-state index is 10.9. The van der Waals surface area contributed by atoms with Crippen LogP contribution in [-0.2, 0) is 9.59 Å². The number of carboxylic acid groups (broad SMARTS) is 2. The summed E-state index contributed by atoms with van der Waals surface area (Å²) in [6.07, 6.45) is 6.11. The Labute approximate surface area is 119 Å². The van der Waals surface area contributed by atoms with E-state index in [4.69, 9.17) is 22.4 Å². The SMILES string of the molecule is CCCCCCCC(=S)N[C@@H](CCC(=O)O)C(=O)O. The summed E-state index contributed by atoms with van der Waals surface area (Å²) in [5, 5.41) is 20.2. The van der Waals surface area contributed by atoms with Crippen molar-refractivity contribution in [2.24, 2.45) is 0 Å². The van der Waals surface area contributed by atoms with E-state index in [0.29, 0.717) is 11.4 Å². The minimum Gasteiger partial charge on any atom is -0.481 e.